The molecule has 3 aromatic carbocycles. The summed E-state index contributed by atoms with van der Waals surface area (Å²) in [6, 6.07) is 32.9. The first-order valence-corrected chi connectivity index (χ1v) is 11.8. The molecule has 0 fully saturated rings. The van der Waals surface area contributed by atoms with Gasteiger partial charge < -0.3 is 4.98 Å². The van der Waals surface area contributed by atoms with Gasteiger partial charge in [-0.25, -0.2) is 9.97 Å². The van der Waals surface area contributed by atoms with E-state index in [1.807, 2.05) is 48.5 Å². The standard InChI is InChI=1S/C26H16N3.ClH.Pd/c1-3-11-21-17(7-1)15-16-25(27-21)24-14-6-13-23(28-24)20-10-5-9-19-18-8-2-4-12-22(18)29-26(19)20;;/h1-16H;1H;/q-1;;+2/p-1. The number of nitrogens with zero attached hydrogens (tertiary/aromatic N) is 3. The molecule has 0 radical (unpaired) electrons. The van der Waals surface area contributed by atoms with Crippen molar-refractivity contribution in [3.63, 3.8) is 0 Å². The predicted molar refractivity (Wildman–Crippen MR) is 125 cm³/mol. The number of para-hydroxylation sites is 3. The van der Waals surface area contributed by atoms with Crippen molar-refractivity contribution < 1.29 is 18.2 Å². The third-order valence-electron chi connectivity index (χ3n) is 5.35. The van der Waals surface area contributed by atoms with Crippen LogP contribution >= 0.6 is 9.53 Å². The first-order valence-electron chi connectivity index (χ1n) is 9.76. The molecule has 152 valence electrons. The summed E-state index contributed by atoms with van der Waals surface area (Å²) in [5.74, 6) is 0. The summed E-state index contributed by atoms with van der Waals surface area (Å²) in [4.78, 5) is 14.6. The van der Waals surface area contributed by atoms with Crippen LogP contribution in [0.5, 0.6) is 0 Å². The van der Waals surface area contributed by atoms with Crippen LogP contribution < -0.4 is 4.98 Å². The van der Waals surface area contributed by atoms with Gasteiger partial charge >= 0.3 is 27.7 Å². The average molecular weight is 512 g/mol. The van der Waals surface area contributed by atoms with E-state index in [0.29, 0.717) is 0 Å². The van der Waals surface area contributed by atoms with E-state index >= 15 is 0 Å². The second-order valence-corrected chi connectivity index (χ2v) is 7.13. The molecule has 0 amide bonds. The fourth-order valence-corrected chi connectivity index (χ4v) is 3.94. The molecule has 3 heterocycles. The number of rotatable bonds is 2. The number of pyridine rings is 2. The van der Waals surface area contributed by atoms with Crippen LogP contribution in [0.15, 0.2) is 97.1 Å². The maximum Gasteiger partial charge on any atom is 0.0894 e. The molecule has 0 saturated heterocycles. The van der Waals surface area contributed by atoms with Crippen molar-refractivity contribution in [3.05, 3.63) is 97.1 Å². The van der Waals surface area contributed by atoms with Gasteiger partial charge in [-0.05, 0) is 40.6 Å². The first-order chi connectivity index (χ1) is 15.4. The summed E-state index contributed by atoms with van der Waals surface area (Å²) in [5, 5.41) is 3.47. The molecule has 0 atom stereocenters. The molecule has 0 aliphatic heterocycles. The Morgan fingerprint density at radius 2 is 1.29 bits per heavy atom. The van der Waals surface area contributed by atoms with Gasteiger partial charge in [-0.3, -0.25) is 0 Å². The van der Waals surface area contributed by atoms with Crippen LogP contribution in [-0.2, 0) is 18.2 Å². The van der Waals surface area contributed by atoms with Gasteiger partial charge in [-0.1, -0.05) is 72.8 Å². The van der Waals surface area contributed by atoms with Gasteiger partial charge in [0.05, 0.1) is 22.6 Å². The fourth-order valence-electron chi connectivity index (χ4n) is 3.94. The second-order valence-electron chi connectivity index (χ2n) is 7.13. The van der Waals surface area contributed by atoms with E-state index in [-0.39, 0.29) is 0 Å². The summed E-state index contributed by atoms with van der Waals surface area (Å²) in [5.41, 5.74) is 6.67. The topological polar surface area (TPSA) is 39.9 Å². The molecule has 3 aromatic heterocycles. The van der Waals surface area contributed by atoms with Crippen LogP contribution in [0.1, 0.15) is 0 Å². The van der Waals surface area contributed by atoms with Crippen LogP contribution in [0.25, 0.3) is 55.4 Å². The summed E-state index contributed by atoms with van der Waals surface area (Å²) in [7, 11) is 4.49. The third kappa shape index (κ3) is 3.64. The molecule has 0 unspecified atom stereocenters. The van der Waals surface area contributed by atoms with E-state index in [2.05, 4.69) is 76.2 Å². The van der Waals surface area contributed by atoms with Crippen molar-refractivity contribution in [2.45, 2.75) is 0 Å². The summed E-state index contributed by atoms with van der Waals surface area (Å²) in [6.45, 7) is 0. The van der Waals surface area contributed by atoms with Gasteiger partial charge in [-0.2, -0.15) is 0 Å². The van der Waals surface area contributed by atoms with E-state index in [1.165, 1.54) is 5.39 Å². The fraction of sp³-hybridized carbons (Fsp3) is 0. The molecule has 3 nitrogen and oxygen atoms in total. The van der Waals surface area contributed by atoms with Crippen molar-refractivity contribution >= 4 is 42.2 Å². The van der Waals surface area contributed by atoms with Gasteiger partial charge in [0, 0.05) is 5.39 Å². The number of hydrogen-bond acceptors (Lipinski definition) is 2. The molecule has 31 heavy (non-hydrogen) atoms. The quantitative estimate of drug-likeness (QED) is 0.237. The van der Waals surface area contributed by atoms with E-state index in [1.54, 1.807) is 0 Å². The Hall–Kier alpha value is -3.03. The monoisotopic (exact) mass is 511 g/mol. The van der Waals surface area contributed by atoms with Crippen LogP contribution in [0, 0.1) is 0 Å². The summed E-state index contributed by atoms with van der Waals surface area (Å²) < 4.78 is 0. The maximum absolute atomic E-state index is 4.94. The zero-order valence-corrected chi connectivity index (χ0v) is 18.6. The Morgan fingerprint density at radius 3 is 2.23 bits per heavy atom. The van der Waals surface area contributed by atoms with Crippen LogP contribution in [0.3, 0.4) is 0 Å². The van der Waals surface area contributed by atoms with Crippen molar-refractivity contribution in [3.8, 4) is 22.6 Å². The van der Waals surface area contributed by atoms with Crippen molar-refractivity contribution in [2.24, 2.45) is 0 Å². The van der Waals surface area contributed by atoms with Gasteiger partial charge in [-0.15, -0.1) is 11.0 Å². The van der Waals surface area contributed by atoms with E-state index in [4.69, 9.17) is 15.0 Å². The third-order valence-corrected chi connectivity index (χ3v) is 5.35. The molecule has 0 N–H and O–H groups in total. The number of halogens is 1. The van der Waals surface area contributed by atoms with E-state index < -0.39 is 0 Å². The molecule has 6 rings (SSSR count). The molecule has 6 aromatic rings. The molecule has 0 saturated carbocycles. The summed E-state index contributed by atoms with van der Waals surface area (Å²) >= 11 is 2.22. The average Bonchev–Trinajstić information content (AvgIpc) is 3.24. The Labute approximate surface area is 194 Å². The second kappa shape index (κ2) is 8.61. The van der Waals surface area contributed by atoms with Crippen molar-refractivity contribution in [1.29, 1.82) is 0 Å². The van der Waals surface area contributed by atoms with Crippen LogP contribution in [-0.4, -0.2) is 9.97 Å². The molecule has 0 spiro atoms. The van der Waals surface area contributed by atoms with Gasteiger partial charge in [0.15, 0.2) is 0 Å². The Kier molecular flexibility index (Phi) is 5.53. The predicted octanol–water partition coefficient (Wildman–Crippen LogP) is 6.91. The Bertz CT molecular complexity index is 1520. The Morgan fingerprint density at radius 1 is 0.581 bits per heavy atom. The zero-order chi connectivity index (χ0) is 21.2. The number of fused-ring (bicyclic) bond motifs is 4. The van der Waals surface area contributed by atoms with E-state index in [0.717, 1.165) is 50.0 Å². The molecular weight excluding hydrogens is 496 g/mol. The smallest absolute Gasteiger partial charge is 0.0894 e. The molecule has 0 bridgehead atoms. The largest absolute Gasteiger partial charge is 0.656 e. The maximum atomic E-state index is 4.94. The molecular formula is C26H16ClN3Pd. The molecule has 0 aliphatic carbocycles. The van der Waals surface area contributed by atoms with Crippen molar-refractivity contribution in [2.75, 3.05) is 0 Å². The minimum Gasteiger partial charge on any atom is -0.656 e. The van der Waals surface area contributed by atoms with E-state index in [9.17, 15) is 0 Å². The van der Waals surface area contributed by atoms with Gasteiger partial charge in [0.2, 0.25) is 0 Å². The van der Waals surface area contributed by atoms with Gasteiger partial charge in [0.1, 0.15) is 0 Å². The number of hydrogen-bond donors (Lipinski definition) is 0. The normalized spacial score (nSPS) is 10.9. The SMILES string of the molecule is [Cl][Pd+].c1cc(-c2ccc3ccccc3n2)nc(-c2cccc3c2[n-]c2ccccc23)c1. The minimum absolute atomic E-state index is 0.862. The molecule has 5 heteroatoms. The van der Waals surface area contributed by atoms with Gasteiger partial charge in [0.25, 0.3) is 0 Å². The van der Waals surface area contributed by atoms with Crippen LogP contribution in [0.4, 0.5) is 0 Å². The summed E-state index contributed by atoms with van der Waals surface area (Å²) in [6.07, 6.45) is 0. The zero-order valence-electron chi connectivity index (χ0n) is 16.3. The molecule has 0 aliphatic rings. The number of benzene rings is 3. The van der Waals surface area contributed by atoms with Crippen molar-refractivity contribution in [1.82, 2.24) is 15.0 Å². The van der Waals surface area contributed by atoms with Crippen LogP contribution in [0.2, 0.25) is 0 Å². The Balaban J connectivity index is 0.000000994. The number of aromatic nitrogens is 3. The first kappa shape index (κ1) is 19.9. The minimum atomic E-state index is 0.862.